The van der Waals surface area contributed by atoms with Crippen molar-refractivity contribution >= 4 is 27.3 Å². The Balaban J connectivity index is 3.07. The molecule has 0 radical (unpaired) electrons. The number of hydrogen-bond donors (Lipinski definition) is 1. The van der Waals surface area contributed by atoms with E-state index in [9.17, 15) is 8.42 Å². The molecule has 3 nitrogen and oxygen atoms in total. The third-order valence-electron chi connectivity index (χ3n) is 1.73. The van der Waals surface area contributed by atoms with E-state index in [0.717, 1.165) is 18.2 Å². The van der Waals surface area contributed by atoms with Crippen LogP contribution in [0.25, 0.3) is 0 Å². The first-order valence-corrected chi connectivity index (χ1v) is 6.45. The van der Waals surface area contributed by atoms with E-state index in [1.807, 2.05) is 13.0 Å². The molecule has 0 unspecified atom stereocenters. The van der Waals surface area contributed by atoms with Gasteiger partial charge in [0.05, 0.1) is 17.0 Å². The average Bonchev–Trinajstić information content (AvgIpc) is 2.06. The van der Waals surface area contributed by atoms with Crippen molar-refractivity contribution in [3.63, 3.8) is 0 Å². The van der Waals surface area contributed by atoms with Gasteiger partial charge in [-0.15, -0.1) is 0 Å². The van der Waals surface area contributed by atoms with Crippen molar-refractivity contribution in [2.45, 2.75) is 13.3 Å². The summed E-state index contributed by atoms with van der Waals surface area (Å²) >= 11 is 5.83. The number of rotatable bonds is 3. The van der Waals surface area contributed by atoms with Crippen LogP contribution in [0.15, 0.2) is 18.2 Å². The molecule has 0 saturated carbocycles. The largest absolute Gasteiger partial charge is 0.282 e. The minimum Gasteiger partial charge on any atom is -0.282 e. The van der Waals surface area contributed by atoms with E-state index in [-0.39, 0.29) is 0 Å². The van der Waals surface area contributed by atoms with Crippen molar-refractivity contribution in [1.82, 2.24) is 0 Å². The predicted octanol–water partition coefficient (Wildman–Crippen LogP) is 2.27. The van der Waals surface area contributed by atoms with Gasteiger partial charge in [0.2, 0.25) is 10.0 Å². The highest BCUT2D eigenvalue weighted by Crippen LogP contribution is 2.23. The molecule has 0 aliphatic carbocycles. The van der Waals surface area contributed by atoms with E-state index >= 15 is 0 Å². The van der Waals surface area contributed by atoms with Crippen molar-refractivity contribution in [2.75, 3.05) is 11.0 Å². The molecule has 0 heterocycles. The second-order valence-corrected chi connectivity index (χ2v) is 5.20. The monoisotopic (exact) mass is 233 g/mol. The lowest BCUT2D eigenvalue weighted by molar-refractivity contribution is 0.607. The number of sulfonamides is 1. The molecule has 14 heavy (non-hydrogen) atoms. The molecule has 0 aromatic heterocycles. The second-order valence-electron chi connectivity index (χ2n) is 3.04. The molecule has 1 aromatic carbocycles. The zero-order valence-corrected chi connectivity index (χ0v) is 9.61. The molecular formula is C9H12ClNO2S. The summed E-state index contributed by atoms with van der Waals surface area (Å²) < 4.78 is 24.3. The molecule has 0 amide bonds. The van der Waals surface area contributed by atoms with Gasteiger partial charge in [-0.25, -0.2) is 8.42 Å². The number of hydrogen-bond acceptors (Lipinski definition) is 2. The summed E-state index contributed by atoms with van der Waals surface area (Å²) in [7, 11) is -3.26. The van der Waals surface area contributed by atoms with Gasteiger partial charge in [-0.1, -0.05) is 24.6 Å². The van der Waals surface area contributed by atoms with Crippen LogP contribution in [0.5, 0.6) is 0 Å². The molecule has 1 N–H and O–H groups in total. The Hall–Kier alpha value is -0.740. The standard InChI is InChI=1S/C9H12ClNO2S/c1-3-7-4-5-8(10)9(6-7)11-14(2,12)13/h4-6,11H,3H2,1-2H3. The van der Waals surface area contributed by atoms with Gasteiger partial charge in [0.15, 0.2) is 0 Å². The summed E-state index contributed by atoms with van der Waals surface area (Å²) in [6.45, 7) is 1.99. The fraction of sp³-hybridized carbons (Fsp3) is 0.333. The summed E-state index contributed by atoms with van der Waals surface area (Å²) in [4.78, 5) is 0. The van der Waals surface area contributed by atoms with Crippen molar-refractivity contribution in [2.24, 2.45) is 0 Å². The van der Waals surface area contributed by atoms with Crippen molar-refractivity contribution in [3.05, 3.63) is 28.8 Å². The van der Waals surface area contributed by atoms with Gasteiger partial charge < -0.3 is 0 Å². The van der Waals surface area contributed by atoms with Crippen LogP contribution >= 0.6 is 11.6 Å². The molecule has 0 fully saturated rings. The molecule has 0 spiro atoms. The minimum absolute atomic E-state index is 0.410. The highest BCUT2D eigenvalue weighted by atomic mass is 35.5. The van der Waals surface area contributed by atoms with Crippen LogP contribution in [0.1, 0.15) is 12.5 Å². The molecule has 0 aliphatic rings. The number of nitrogens with one attached hydrogen (secondary N) is 1. The first-order chi connectivity index (χ1) is 6.42. The number of anilines is 1. The Labute approximate surface area is 89.1 Å². The van der Waals surface area contributed by atoms with Crippen molar-refractivity contribution in [3.8, 4) is 0 Å². The SMILES string of the molecule is CCc1ccc(Cl)c(NS(C)(=O)=O)c1. The highest BCUT2D eigenvalue weighted by Gasteiger charge is 2.06. The Morgan fingerprint density at radius 2 is 2.07 bits per heavy atom. The van der Waals surface area contributed by atoms with Gasteiger partial charge in [0, 0.05) is 0 Å². The lowest BCUT2D eigenvalue weighted by Crippen LogP contribution is -2.10. The fourth-order valence-corrected chi connectivity index (χ4v) is 1.86. The first kappa shape index (κ1) is 11.3. The molecule has 78 valence electrons. The number of halogens is 1. The van der Waals surface area contributed by atoms with Crippen LogP contribution in [-0.4, -0.2) is 14.7 Å². The summed E-state index contributed by atoms with van der Waals surface area (Å²) in [5.41, 5.74) is 1.48. The van der Waals surface area contributed by atoms with E-state index in [2.05, 4.69) is 4.72 Å². The summed E-state index contributed by atoms with van der Waals surface area (Å²) in [5, 5.41) is 0.410. The molecular weight excluding hydrogens is 222 g/mol. The molecule has 1 rings (SSSR count). The van der Waals surface area contributed by atoms with Gasteiger partial charge in [-0.05, 0) is 24.1 Å². The van der Waals surface area contributed by atoms with Crippen LogP contribution in [-0.2, 0) is 16.4 Å². The smallest absolute Gasteiger partial charge is 0.229 e. The third-order valence-corrected chi connectivity index (χ3v) is 2.65. The summed E-state index contributed by atoms with van der Waals surface area (Å²) in [6.07, 6.45) is 1.94. The topological polar surface area (TPSA) is 46.2 Å². The maximum atomic E-state index is 11.0. The molecule has 0 aliphatic heterocycles. The fourth-order valence-electron chi connectivity index (χ4n) is 1.07. The van der Waals surface area contributed by atoms with E-state index < -0.39 is 10.0 Å². The molecule has 0 saturated heterocycles. The summed E-state index contributed by atoms with van der Waals surface area (Å²) in [6, 6.07) is 5.30. The summed E-state index contributed by atoms with van der Waals surface area (Å²) in [5.74, 6) is 0. The van der Waals surface area contributed by atoms with E-state index in [4.69, 9.17) is 11.6 Å². The van der Waals surface area contributed by atoms with Gasteiger partial charge in [-0.2, -0.15) is 0 Å². The van der Waals surface area contributed by atoms with Crippen LogP contribution in [0, 0.1) is 0 Å². The van der Waals surface area contributed by atoms with Gasteiger partial charge in [0.1, 0.15) is 0 Å². The Morgan fingerprint density at radius 1 is 1.43 bits per heavy atom. The van der Waals surface area contributed by atoms with Gasteiger partial charge in [-0.3, -0.25) is 4.72 Å². The molecule has 0 atom stereocenters. The maximum Gasteiger partial charge on any atom is 0.229 e. The zero-order chi connectivity index (χ0) is 10.8. The van der Waals surface area contributed by atoms with Crippen LogP contribution in [0.3, 0.4) is 0 Å². The molecule has 1 aromatic rings. The van der Waals surface area contributed by atoms with Gasteiger partial charge in [0.25, 0.3) is 0 Å². The van der Waals surface area contributed by atoms with Crippen LogP contribution < -0.4 is 4.72 Å². The van der Waals surface area contributed by atoms with Gasteiger partial charge >= 0.3 is 0 Å². The molecule has 5 heteroatoms. The number of aryl methyl sites for hydroxylation is 1. The van der Waals surface area contributed by atoms with Crippen molar-refractivity contribution < 1.29 is 8.42 Å². The van der Waals surface area contributed by atoms with Crippen molar-refractivity contribution in [1.29, 1.82) is 0 Å². The molecule has 0 bridgehead atoms. The first-order valence-electron chi connectivity index (χ1n) is 4.18. The third kappa shape index (κ3) is 3.20. The van der Waals surface area contributed by atoms with E-state index in [0.29, 0.717) is 10.7 Å². The lowest BCUT2D eigenvalue weighted by Gasteiger charge is -2.07. The Morgan fingerprint density at radius 3 is 2.57 bits per heavy atom. The highest BCUT2D eigenvalue weighted by molar-refractivity contribution is 7.92. The Bertz CT molecular complexity index is 428. The van der Waals surface area contributed by atoms with Crippen LogP contribution in [0.2, 0.25) is 5.02 Å². The predicted molar refractivity (Wildman–Crippen MR) is 59.3 cm³/mol. The van der Waals surface area contributed by atoms with Crippen LogP contribution in [0.4, 0.5) is 5.69 Å². The lowest BCUT2D eigenvalue weighted by atomic mass is 10.1. The average molecular weight is 234 g/mol. The normalized spacial score (nSPS) is 11.4. The number of benzene rings is 1. The van der Waals surface area contributed by atoms with E-state index in [1.54, 1.807) is 12.1 Å². The second kappa shape index (κ2) is 4.19. The minimum atomic E-state index is -3.26. The Kier molecular flexibility index (Phi) is 3.39. The zero-order valence-electron chi connectivity index (χ0n) is 8.04. The quantitative estimate of drug-likeness (QED) is 0.871. The van der Waals surface area contributed by atoms with E-state index in [1.165, 1.54) is 0 Å². The maximum absolute atomic E-state index is 11.0.